The number of ether oxygens (including phenoxy) is 1. The summed E-state index contributed by atoms with van der Waals surface area (Å²) in [6, 6.07) is 3.71. The average Bonchev–Trinajstić information content (AvgIpc) is 2.34. The van der Waals surface area contributed by atoms with Crippen molar-refractivity contribution in [1.29, 1.82) is 0 Å². The number of halogens is 3. The Balaban J connectivity index is 2.54. The third kappa shape index (κ3) is 6.42. The van der Waals surface area contributed by atoms with E-state index in [9.17, 15) is 13.2 Å². The molecule has 1 rings (SSSR count). The highest BCUT2D eigenvalue weighted by atomic mass is 19.4. The number of aromatic nitrogens is 1. The summed E-state index contributed by atoms with van der Waals surface area (Å²) in [5, 5.41) is 3.02. The van der Waals surface area contributed by atoms with E-state index < -0.39 is 12.6 Å². The predicted molar refractivity (Wildman–Crippen MR) is 67.2 cm³/mol. The van der Waals surface area contributed by atoms with E-state index in [1.54, 1.807) is 6.07 Å². The maximum Gasteiger partial charge on any atom is 0.389 e. The Hall–Kier alpha value is -1.30. The second-order valence-electron chi connectivity index (χ2n) is 4.26. The highest BCUT2D eigenvalue weighted by Gasteiger charge is 2.26. The van der Waals surface area contributed by atoms with Gasteiger partial charge in [0.2, 0.25) is 5.88 Å². The van der Waals surface area contributed by atoms with E-state index in [4.69, 9.17) is 4.74 Å². The minimum Gasteiger partial charge on any atom is -0.478 e. The van der Waals surface area contributed by atoms with Gasteiger partial charge >= 0.3 is 6.18 Å². The van der Waals surface area contributed by atoms with Crippen molar-refractivity contribution in [3.8, 4) is 5.88 Å². The van der Waals surface area contributed by atoms with Crippen molar-refractivity contribution < 1.29 is 17.9 Å². The molecular formula is C13H19F3N2O. The number of pyridine rings is 1. The van der Waals surface area contributed by atoms with Gasteiger partial charge < -0.3 is 10.1 Å². The lowest BCUT2D eigenvalue weighted by Crippen LogP contribution is -2.11. The minimum atomic E-state index is -4.13. The molecule has 0 saturated heterocycles. The summed E-state index contributed by atoms with van der Waals surface area (Å²) < 4.78 is 41.2. The number of hydrogen-bond donors (Lipinski definition) is 1. The molecule has 0 radical (unpaired) electrons. The molecule has 108 valence electrons. The average molecular weight is 276 g/mol. The topological polar surface area (TPSA) is 34.1 Å². The molecule has 0 spiro atoms. The maximum absolute atomic E-state index is 12.0. The third-order valence-electron chi connectivity index (χ3n) is 2.51. The van der Waals surface area contributed by atoms with Gasteiger partial charge in [0.15, 0.2) is 0 Å². The van der Waals surface area contributed by atoms with Crippen LogP contribution in [-0.4, -0.2) is 24.8 Å². The summed E-state index contributed by atoms with van der Waals surface area (Å²) in [4.78, 5) is 4.24. The monoisotopic (exact) mass is 276 g/mol. The van der Waals surface area contributed by atoms with Crippen molar-refractivity contribution >= 4 is 0 Å². The van der Waals surface area contributed by atoms with Crippen LogP contribution < -0.4 is 10.1 Å². The summed E-state index contributed by atoms with van der Waals surface area (Å²) in [5.74, 6) is 0.395. The lowest BCUT2D eigenvalue weighted by atomic mass is 10.2. The molecule has 0 aliphatic carbocycles. The molecule has 0 aromatic carbocycles. The van der Waals surface area contributed by atoms with Gasteiger partial charge in [-0.3, -0.25) is 0 Å². The fourth-order valence-corrected chi connectivity index (χ4v) is 1.63. The first-order valence-electron chi connectivity index (χ1n) is 6.28. The number of nitrogens with one attached hydrogen (secondary N) is 1. The molecule has 19 heavy (non-hydrogen) atoms. The highest BCUT2D eigenvalue weighted by Crippen LogP contribution is 2.21. The van der Waals surface area contributed by atoms with Gasteiger partial charge in [0.05, 0.1) is 6.61 Å². The molecule has 1 N–H and O–H groups in total. The van der Waals surface area contributed by atoms with E-state index >= 15 is 0 Å². The molecule has 0 fully saturated rings. The lowest BCUT2D eigenvalue weighted by molar-refractivity contribution is -0.136. The molecule has 1 heterocycles. The van der Waals surface area contributed by atoms with E-state index in [1.807, 2.05) is 20.0 Å². The van der Waals surface area contributed by atoms with Gasteiger partial charge in [-0.15, -0.1) is 0 Å². The van der Waals surface area contributed by atoms with Crippen LogP contribution in [0.5, 0.6) is 5.88 Å². The van der Waals surface area contributed by atoms with Gasteiger partial charge in [0, 0.05) is 24.7 Å². The first kappa shape index (κ1) is 15.8. The smallest absolute Gasteiger partial charge is 0.389 e. The molecule has 0 aliphatic rings. The maximum atomic E-state index is 12.0. The van der Waals surface area contributed by atoms with Gasteiger partial charge in [0.1, 0.15) is 0 Å². The van der Waals surface area contributed by atoms with E-state index in [0.29, 0.717) is 12.4 Å². The molecule has 6 heteroatoms. The van der Waals surface area contributed by atoms with Gasteiger partial charge in [-0.05, 0) is 31.5 Å². The highest BCUT2D eigenvalue weighted by molar-refractivity contribution is 5.25. The zero-order chi connectivity index (χ0) is 14.3. The first-order chi connectivity index (χ1) is 8.94. The van der Waals surface area contributed by atoms with Gasteiger partial charge in [0.25, 0.3) is 0 Å². The van der Waals surface area contributed by atoms with E-state index in [2.05, 4.69) is 10.3 Å². The number of hydrogen-bond acceptors (Lipinski definition) is 3. The largest absolute Gasteiger partial charge is 0.478 e. The Labute approximate surface area is 111 Å². The molecule has 1 aromatic heterocycles. The molecule has 0 bridgehead atoms. The fraction of sp³-hybridized carbons (Fsp3) is 0.615. The molecule has 0 aliphatic heterocycles. The lowest BCUT2D eigenvalue weighted by Gasteiger charge is -2.10. The molecule has 0 unspecified atom stereocenters. The van der Waals surface area contributed by atoms with Gasteiger partial charge in [-0.1, -0.05) is 6.92 Å². The second kappa shape index (κ2) is 7.33. The van der Waals surface area contributed by atoms with Crippen LogP contribution in [0.3, 0.4) is 0 Å². The Kier molecular flexibility index (Phi) is 6.08. The molecule has 0 amide bonds. The van der Waals surface area contributed by atoms with Crippen molar-refractivity contribution in [3.63, 3.8) is 0 Å². The van der Waals surface area contributed by atoms with Crippen LogP contribution in [0.4, 0.5) is 13.2 Å². The molecule has 0 atom stereocenters. The normalized spacial score (nSPS) is 11.6. The van der Waals surface area contributed by atoms with Crippen molar-refractivity contribution in [3.05, 3.63) is 23.4 Å². The summed E-state index contributed by atoms with van der Waals surface area (Å²) in [7, 11) is 1.83. The third-order valence-corrected chi connectivity index (χ3v) is 2.51. The zero-order valence-electron chi connectivity index (χ0n) is 11.2. The summed E-state index contributed by atoms with van der Waals surface area (Å²) >= 11 is 0. The SMILES string of the molecule is CCc1cc(CNC)cc(OCCCC(F)(F)F)n1. The molecular weight excluding hydrogens is 257 g/mol. The quantitative estimate of drug-likeness (QED) is 0.777. The minimum absolute atomic E-state index is 0.0265. The Morgan fingerprint density at radius 3 is 2.63 bits per heavy atom. The summed E-state index contributed by atoms with van der Waals surface area (Å²) in [5.41, 5.74) is 1.89. The second-order valence-corrected chi connectivity index (χ2v) is 4.26. The Bertz CT molecular complexity index is 394. The molecule has 3 nitrogen and oxygen atoms in total. The van der Waals surface area contributed by atoms with Crippen LogP contribution in [-0.2, 0) is 13.0 Å². The van der Waals surface area contributed by atoms with Crippen LogP contribution in [0.25, 0.3) is 0 Å². The van der Waals surface area contributed by atoms with Crippen molar-refractivity contribution in [2.45, 2.75) is 38.9 Å². The predicted octanol–water partition coefficient (Wildman–Crippen LogP) is 3.08. The molecule has 0 saturated carbocycles. The van der Waals surface area contributed by atoms with Crippen LogP contribution in [0.2, 0.25) is 0 Å². The van der Waals surface area contributed by atoms with E-state index in [0.717, 1.165) is 17.7 Å². The Morgan fingerprint density at radius 1 is 1.32 bits per heavy atom. The Morgan fingerprint density at radius 2 is 2.05 bits per heavy atom. The van der Waals surface area contributed by atoms with E-state index in [-0.39, 0.29) is 13.0 Å². The van der Waals surface area contributed by atoms with Crippen molar-refractivity contribution in [2.24, 2.45) is 0 Å². The van der Waals surface area contributed by atoms with Crippen LogP contribution in [0, 0.1) is 0 Å². The van der Waals surface area contributed by atoms with Gasteiger partial charge in [-0.25, -0.2) is 4.98 Å². The summed E-state index contributed by atoms with van der Waals surface area (Å²) in [6.45, 7) is 2.67. The first-order valence-corrected chi connectivity index (χ1v) is 6.28. The van der Waals surface area contributed by atoms with Crippen LogP contribution in [0.1, 0.15) is 31.0 Å². The number of nitrogens with zero attached hydrogens (tertiary/aromatic N) is 1. The van der Waals surface area contributed by atoms with Crippen LogP contribution in [0.15, 0.2) is 12.1 Å². The summed E-state index contributed by atoms with van der Waals surface area (Å²) in [6.07, 6.45) is -4.25. The number of alkyl halides is 3. The van der Waals surface area contributed by atoms with E-state index in [1.165, 1.54) is 0 Å². The number of aryl methyl sites for hydroxylation is 1. The number of rotatable bonds is 7. The van der Waals surface area contributed by atoms with Crippen LogP contribution >= 0.6 is 0 Å². The van der Waals surface area contributed by atoms with Gasteiger partial charge in [-0.2, -0.15) is 13.2 Å². The zero-order valence-corrected chi connectivity index (χ0v) is 11.2. The van der Waals surface area contributed by atoms with Crippen molar-refractivity contribution in [1.82, 2.24) is 10.3 Å². The standard InChI is InChI=1S/C13H19F3N2O/c1-3-11-7-10(9-17-2)8-12(18-11)19-6-4-5-13(14,15)16/h7-8,17H,3-6,9H2,1-2H3. The van der Waals surface area contributed by atoms with Crippen molar-refractivity contribution in [2.75, 3.05) is 13.7 Å². The fourth-order valence-electron chi connectivity index (χ4n) is 1.63. The molecule has 1 aromatic rings.